The molecule has 154 valence electrons. The van der Waals surface area contributed by atoms with Crippen LogP contribution in [0.15, 0.2) is 23.4 Å². The molecule has 1 aliphatic heterocycles. The average Bonchev–Trinajstić information content (AvgIpc) is 2.92. The van der Waals surface area contributed by atoms with Gasteiger partial charge in [0.25, 0.3) is 0 Å². The first-order valence-corrected chi connectivity index (χ1v) is 11.1. The number of amides is 1. The first kappa shape index (κ1) is 20.6. The molecule has 1 fully saturated rings. The lowest BCUT2D eigenvalue weighted by molar-refractivity contribution is 0.0122. The van der Waals surface area contributed by atoms with Crippen LogP contribution in [0.2, 0.25) is 0 Å². The number of hydrogen-bond acceptors (Lipinski definition) is 5. The van der Waals surface area contributed by atoms with Crippen LogP contribution in [0.4, 0.5) is 9.18 Å². The van der Waals surface area contributed by atoms with E-state index >= 15 is 0 Å². The van der Waals surface area contributed by atoms with Gasteiger partial charge in [-0.25, -0.2) is 22.6 Å². The van der Waals surface area contributed by atoms with Gasteiger partial charge in [0.1, 0.15) is 11.4 Å². The summed E-state index contributed by atoms with van der Waals surface area (Å²) in [6.45, 7) is 8.21. The standard InChI is InChI=1S/C19H26FN3O4S/c1-12-11-22(18(24)27-19(2,3)4)9-8-15(12)23-16-10-13(20)6-7-14(16)21-17(23)28(5,25)26/h6-7,10,12,15H,8-9,11H2,1-5H3/t12-,15-/m0/s1. The van der Waals surface area contributed by atoms with Crippen molar-refractivity contribution in [2.45, 2.75) is 50.9 Å². The molecule has 0 bridgehead atoms. The van der Waals surface area contributed by atoms with Crippen molar-refractivity contribution in [3.63, 3.8) is 0 Å². The van der Waals surface area contributed by atoms with E-state index in [1.54, 1.807) is 9.47 Å². The molecular formula is C19H26FN3O4S. The SMILES string of the molecule is C[C@H]1CN(C(=O)OC(C)(C)C)CC[C@@H]1n1c(S(C)(=O)=O)nc2ccc(F)cc21. The van der Waals surface area contributed by atoms with Crippen LogP contribution in [-0.2, 0) is 14.6 Å². The van der Waals surface area contributed by atoms with E-state index in [4.69, 9.17) is 4.74 Å². The molecule has 7 nitrogen and oxygen atoms in total. The van der Waals surface area contributed by atoms with Gasteiger partial charge < -0.3 is 14.2 Å². The second-order valence-corrected chi connectivity index (χ2v) is 10.3. The smallest absolute Gasteiger partial charge is 0.410 e. The number of aromatic nitrogens is 2. The van der Waals surface area contributed by atoms with Crippen LogP contribution in [0.3, 0.4) is 0 Å². The lowest BCUT2D eigenvalue weighted by Crippen LogP contribution is -2.45. The fraction of sp³-hybridized carbons (Fsp3) is 0.579. The molecule has 2 heterocycles. The van der Waals surface area contributed by atoms with Crippen LogP contribution in [-0.4, -0.2) is 53.9 Å². The Labute approximate surface area is 164 Å². The monoisotopic (exact) mass is 411 g/mol. The Morgan fingerprint density at radius 2 is 2.00 bits per heavy atom. The number of benzene rings is 1. The number of carbonyl (C=O) groups excluding carboxylic acids is 1. The number of likely N-dealkylation sites (tertiary alicyclic amines) is 1. The summed E-state index contributed by atoms with van der Waals surface area (Å²) in [6.07, 6.45) is 1.23. The summed E-state index contributed by atoms with van der Waals surface area (Å²) in [6, 6.07) is 3.83. The molecule has 0 N–H and O–H groups in total. The number of fused-ring (bicyclic) bond motifs is 1. The first-order valence-electron chi connectivity index (χ1n) is 9.22. The Morgan fingerprint density at radius 1 is 1.32 bits per heavy atom. The van der Waals surface area contributed by atoms with Crippen molar-refractivity contribution in [2.75, 3.05) is 19.3 Å². The maximum absolute atomic E-state index is 13.9. The van der Waals surface area contributed by atoms with E-state index < -0.39 is 21.3 Å². The number of piperidine rings is 1. The minimum Gasteiger partial charge on any atom is -0.444 e. The van der Waals surface area contributed by atoms with Gasteiger partial charge in [0, 0.05) is 25.4 Å². The third kappa shape index (κ3) is 4.14. The second kappa shape index (κ2) is 7.02. The summed E-state index contributed by atoms with van der Waals surface area (Å²) in [7, 11) is -3.61. The molecule has 0 aliphatic carbocycles. The molecule has 0 radical (unpaired) electrons. The van der Waals surface area contributed by atoms with Crippen LogP contribution in [0.1, 0.15) is 40.2 Å². The zero-order valence-electron chi connectivity index (χ0n) is 16.8. The van der Waals surface area contributed by atoms with Crippen LogP contribution < -0.4 is 0 Å². The Balaban J connectivity index is 1.96. The van der Waals surface area contributed by atoms with Gasteiger partial charge in [0.2, 0.25) is 15.0 Å². The number of rotatable bonds is 2. The second-order valence-electron chi connectivity index (χ2n) is 8.43. The predicted molar refractivity (Wildman–Crippen MR) is 103 cm³/mol. The summed E-state index contributed by atoms with van der Waals surface area (Å²) >= 11 is 0. The van der Waals surface area contributed by atoms with E-state index in [9.17, 15) is 17.6 Å². The molecule has 1 aliphatic rings. The van der Waals surface area contributed by atoms with E-state index in [2.05, 4.69) is 4.98 Å². The number of halogens is 1. The van der Waals surface area contributed by atoms with Crippen molar-refractivity contribution in [2.24, 2.45) is 5.92 Å². The molecule has 2 aromatic rings. The minimum atomic E-state index is -3.61. The van der Waals surface area contributed by atoms with E-state index in [0.29, 0.717) is 30.5 Å². The van der Waals surface area contributed by atoms with Gasteiger partial charge in [-0.15, -0.1) is 0 Å². The van der Waals surface area contributed by atoms with Gasteiger partial charge in [-0.3, -0.25) is 0 Å². The van der Waals surface area contributed by atoms with Crippen molar-refractivity contribution in [1.82, 2.24) is 14.5 Å². The van der Waals surface area contributed by atoms with Crippen molar-refractivity contribution >= 4 is 27.0 Å². The van der Waals surface area contributed by atoms with Crippen molar-refractivity contribution in [3.05, 3.63) is 24.0 Å². The molecule has 3 rings (SSSR count). The number of sulfone groups is 1. The highest BCUT2D eigenvalue weighted by atomic mass is 32.2. The van der Waals surface area contributed by atoms with E-state index in [0.717, 1.165) is 6.26 Å². The number of nitrogens with zero attached hydrogens (tertiary/aromatic N) is 3. The Kier molecular flexibility index (Phi) is 5.16. The fourth-order valence-electron chi connectivity index (χ4n) is 3.64. The molecule has 1 aromatic carbocycles. The zero-order chi connectivity index (χ0) is 20.9. The number of hydrogen-bond donors (Lipinski definition) is 0. The van der Waals surface area contributed by atoms with Gasteiger partial charge in [-0.2, -0.15) is 0 Å². The molecular weight excluding hydrogens is 385 g/mol. The van der Waals surface area contributed by atoms with Gasteiger partial charge in [0.05, 0.1) is 11.0 Å². The first-order chi connectivity index (χ1) is 12.9. The zero-order valence-corrected chi connectivity index (χ0v) is 17.6. The molecule has 2 atom stereocenters. The topological polar surface area (TPSA) is 81.5 Å². The van der Waals surface area contributed by atoms with Crippen LogP contribution in [0, 0.1) is 11.7 Å². The molecule has 28 heavy (non-hydrogen) atoms. The minimum absolute atomic E-state index is 0.0672. The van der Waals surface area contributed by atoms with Crippen molar-refractivity contribution in [3.8, 4) is 0 Å². The fourth-order valence-corrected chi connectivity index (χ4v) is 4.49. The summed E-state index contributed by atoms with van der Waals surface area (Å²) in [4.78, 5) is 18.2. The van der Waals surface area contributed by atoms with Gasteiger partial charge in [-0.1, -0.05) is 6.92 Å². The van der Waals surface area contributed by atoms with Crippen molar-refractivity contribution < 1.29 is 22.3 Å². The van der Waals surface area contributed by atoms with E-state index in [1.807, 2.05) is 27.7 Å². The molecule has 1 aromatic heterocycles. The molecule has 1 amide bonds. The number of ether oxygens (including phenoxy) is 1. The van der Waals surface area contributed by atoms with Gasteiger partial charge >= 0.3 is 6.09 Å². The highest BCUT2D eigenvalue weighted by Gasteiger charge is 2.35. The third-order valence-corrected chi connectivity index (χ3v) is 5.75. The summed E-state index contributed by atoms with van der Waals surface area (Å²) in [5.74, 6) is -0.519. The molecule has 0 saturated carbocycles. The lowest BCUT2D eigenvalue weighted by atomic mass is 9.93. The average molecular weight is 411 g/mol. The van der Waals surface area contributed by atoms with Crippen molar-refractivity contribution in [1.29, 1.82) is 0 Å². The molecule has 1 saturated heterocycles. The summed E-state index contributed by atoms with van der Waals surface area (Å²) in [5, 5.41) is -0.0735. The van der Waals surface area contributed by atoms with E-state index in [1.165, 1.54) is 18.2 Å². The number of carbonyl (C=O) groups is 1. The highest BCUT2D eigenvalue weighted by Crippen LogP contribution is 2.34. The van der Waals surface area contributed by atoms with Gasteiger partial charge in [-0.05, 0) is 51.3 Å². The third-order valence-electron chi connectivity index (χ3n) is 4.79. The summed E-state index contributed by atoms with van der Waals surface area (Å²) in [5.41, 5.74) is 0.296. The quantitative estimate of drug-likeness (QED) is 0.757. The van der Waals surface area contributed by atoms with Crippen LogP contribution in [0.5, 0.6) is 0 Å². The molecule has 0 spiro atoms. The van der Waals surface area contributed by atoms with Gasteiger partial charge in [0.15, 0.2) is 0 Å². The normalized spacial score (nSPS) is 21.1. The summed E-state index contributed by atoms with van der Waals surface area (Å²) < 4.78 is 45.6. The maximum Gasteiger partial charge on any atom is 0.410 e. The molecule has 0 unspecified atom stereocenters. The number of imidazole rings is 1. The Hall–Kier alpha value is -2.16. The molecule has 9 heteroatoms. The predicted octanol–water partition coefficient (Wildman–Crippen LogP) is 3.40. The van der Waals surface area contributed by atoms with E-state index in [-0.39, 0.29) is 23.2 Å². The van der Waals surface area contributed by atoms with Crippen LogP contribution in [0.25, 0.3) is 11.0 Å². The highest BCUT2D eigenvalue weighted by molar-refractivity contribution is 7.90. The van der Waals surface area contributed by atoms with Crippen LogP contribution >= 0.6 is 0 Å². The largest absolute Gasteiger partial charge is 0.444 e. The Bertz CT molecular complexity index is 1010. The maximum atomic E-state index is 13.9. The lowest BCUT2D eigenvalue weighted by Gasteiger charge is -2.38. The Morgan fingerprint density at radius 3 is 2.57 bits per heavy atom.